The summed E-state index contributed by atoms with van der Waals surface area (Å²) in [6.07, 6.45) is 21.6. The van der Waals surface area contributed by atoms with E-state index >= 15 is 0 Å². The minimum absolute atomic E-state index is 0.0423. The van der Waals surface area contributed by atoms with E-state index < -0.39 is 18.1 Å². The summed E-state index contributed by atoms with van der Waals surface area (Å²) in [5, 5.41) is 13.8. The van der Waals surface area contributed by atoms with E-state index in [0.717, 1.165) is 24.0 Å². The van der Waals surface area contributed by atoms with Crippen LogP contribution in [0.2, 0.25) is 0 Å². The Morgan fingerprint density at radius 3 is 2.42 bits per heavy atom. The maximum atomic E-state index is 13.4. The molecule has 1 fully saturated rings. The quantitative estimate of drug-likeness (QED) is 0.170. The number of aliphatic hydroxyl groups is 1. The zero-order valence-electron chi connectivity index (χ0n) is 26.1. The average molecular weight is 590 g/mol. The normalized spacial score (nSPS) is 25.9. The highest BCUT2D eigenvalue weighted by Gasteiger charge is 2.45. The van der Waals surface area contributed by atoms with Crippen LogP contribution in [0, 0.1) is 11.8 Å². The van der Waals surface area contributed by atoms with Gasteiger partial charge >= 0.3 is 0 Å². The third-order valence-electron chi connectivity index (χ3n) is 8.31. The molecular weight excluding hydrogens is 538 g/mol. The largest absolute Gasteiger partial charge is 0.393 e. The van der Waals surface area contributed by atoms with Gasteiger partial charge in [0.2, 0.25) is 5.91 Å². The molecule has 234 valence electrons. The van der Waals surface area contributed by atoms with Crippen LogP contribution in [0.4, 0.5) is 0 Å². The number of hydrogen-bond donors (Lipinski definition) is 2. The van der Waals surface area contributed by atoms with Crippen LogP contribution in [0.1, 0.15) is 103 Å². The first kappa shape index (κ1) is 34.4. The first-order chi connectivity index (χ1) is 20.9. The fraction of sp³-hybridized carbons (Fsp3) is 0.541. The van der Waals surface area contributed by atoms with Gasteiger partial charge in [-0.2, -0.15) is 0 Å². The number of benzene rings is 1. The highest BCUT2D eigenvalue weighted by Crippen LogP contribution is 2.35. The number of ether oxygens (including phenoxy) is 1. The third-order valence-corrected chi connectivity index (χ3v) is 8.31. The number of unbranched alkanes of at least 4 members (excludes halogenated alkanes) is 6. The molecular formula is C37H51NO5. The van der Waals surface area contributed by atoms with Gasteiger partial charge in [-0.15, -0.1) is 0 Å². The van der Waals surface area contributed by atoms with E-state index in [9.17, 15) is 19.5 Å². The van der Waals surface area contributed by atoms with Crippen LogP contribution in [0.5, 0.6) is 0 Å². The zero-order chi connectivity index (χ0) is 30.9. The number of rotatable bonds is 10. The number of ketones is 2. The van der Waals surface area contributed by atoms with E-state index in [2.05, 4.69) is 12.2 Å². The molecule has 1 aliphatic carbocycles. The summed E-state index contributed by atoms with van der Waals surface area (Å²) in [6.45, 7) is 4.66. The summed E-state index contributed by atoms with van der Waals surface area (Å²) < 4.78 is 6.03. The molecule has 3 rings (SSSR count). The molecule has 5 atom stereocenters. The minimum atomic E-state index is -0.820. The fourth-order valence-corrected chi connectivity index (χ4v) is 5.93. The summed E-state index contributed by atoms with van der Waals surface area (Å²) >= 11 is 0. The summed E-state index contributed by atoms with van der Waals surface area (Å²) in [7, 11) is 0. The maximum absolute atomic E-state index is 13.4. The van der Waals surface area contributed by atoms with Gasteiger partial charge in [0, 0.05) is 19.1 Å². The smallest absolute Gasteiger partial charge is 0.244 e. The van der Waals surface area contributed by atoms with Crippen LogP contribution in [-0.4, -0.2) is 41.4 Å². The highest BCUT2D eigenvalue weighted by atomic mass is 16.5. The maximum Gasteiger partial charge on any atom is 0.244 e. The number of hydrogen-bond acceptors (Lipinski definition) is 5. The monoisotopic (exact) mass is 589 g/mol. The van der Waals surface area contributed by atoms with Crippen LogP contribution in [0.15, 0.2) is 78.4 Å². The Hall–Kier alpha value is -3.09. The van der Waals surface area contributed by atoms with Gasteiger partial charge in [-0.1, -0.05) is 118 Å². The van der Waals surface area contributed by atoms with Crippen LogP contribution in [-0.2, 0) is 19.1 Å². The molecule has 1 aliphatic heterocycles. The number of amides is 1. The summed E-state index contributed by atoms with van der Waals surface area (Å²) in [5.74, 6) is -1.64. The Kier molecular flexibility index (Phi) is 15.4. The molecule has 1 aromatic rings. The molecule has 6 heteroatoms. The van der Waals surface area contributed by atoms with Crippen molar-refractivity contribution < 1.29 is 24.2 Å². The van der Waals surface area contributed by atoms with Crippen LogP contribution in [0.3, 0.4) is 0 Å². The average Bonchev–Trinajstić information content (AvgIpc) is 3.29. The third kappa shape index (κ3) is 12.2. The Morgan fingerprint density at radius 1 is 0.930 bits per heavy atom. The second-order valence-electron chi connectivity index (χ2n) is 12.0. The van der Waals surface area contributed by atoms with Crippen LogP contribution < -0.4 is 5.32 Å². The predicted octanol–water partition coefficient (Wildman–Crippen LogP) is 7.30. The molecule has 43 heavy (non-hydrogen) atoms. The standard InChI is InChI=1S/C37H51NO5/c1-3-4-5-6-7-8-17-24-43-34-26-30-25-28(2)18-15-16-23-35(41)38-32(29-19-11-9-12-20-29)22-14-10-13-21-31(39)27-33(40)36(30)37(34)42/h9-12,14-16,18-20,23,25,30-32,34,36,39H,3-8,13,17,21-22,24,26-27H2,1-2H3,(H,38,41)/t30-,31?,32-,34-,36?/m0/s1. The van der Waals surface area contributed by atoms with Crippen molar-refractivity contribution in [2.75, 3.05) is 6.61 Å². The van der Waals surface area contributed by atoms with E-state index in [0.29, 0.717) is 32.3 Å². The van der Waals surface area contributed by atoms with Crippen molar-refractivity contribution in [3.63, 3.8) is 0 Å². The van der Waals surface area contributed by atoms with Gasteiger partial charge in [-0.3, -0.25) is 14.4 Å². The number of fused-ring (bicyclic) bond motifs is 1. The predicted molar refractivity (Wildman–Crippen MR) is 172 cm³/mol. The van der Waals surface area contributed by atoms with Gasteiger partial charge in [0.25, 0.3) is 0 Å². The molecule has 0 radical (unpaired) electrons. The van der Waals surface area contributed by atoms with Crippen molar-refractivity contribution in [1.82, 2.24) is 5.32 Å². The SMILES string of the molecule is CCCCCCCCCO[C@H]1C[C@@H]2C=C(C)C=CC=CC(=O)N[C@H](c3ccccc3)CC=CCCC(O)CC(=O)C2C1=O. The Bertz CT molecular complexity index is 1130. The van der Waals surface area contributed by atoms with Gasteiger partial charge < -0.3 is 15.2 Å². The molecule has 0 bridgehead atoms. The Labute approximate surface area is 258 Å². The molecule has 2 unspecified atom stereocenters. The summed E-state index contributed by atoms with van der Waals surface area (Å²) in [6, 6.07) is 9.65. The van der Waals surface area contributed by atoms with E-state index in [1.807, 2.05) is 61.6 Å². The first-order valence-corrected chi connectivity index (χ1v) is 16.3. The lowest BCUT2D eigenvalue weighted by Crippen LogP contribution is -2.31. The lowest BCUT2D eigenvalue weighted by atomic mass is 9.87. The summed E-state index contributed by atoms with van der Waals surface area (Å²) in [4.78, 5) is 39.5. The second kappa shape index (κ2) is 19.2. The minimum Gasteiger partial charge on any atom is -0.393 e. The van der Waals surface area contributed by atoms with Crippen molar-refractivity contribution in [2.45, 2.75) is 109 Å². The van der Waals surface area contributed by atoms with Crippen molar-refractivity contribution in [1.29, 1.82) is 0 Å². The molecule has 1 heterocycles. The molecule has 0 aromatic heterocycles. The number of Topliss-reactive ketones (excluding diaryl/α,β-unsaturated/α-hetero) is 2. The van der Waals surface area contributed by atoms with E-state index in [1.54, 1.807) is 12.2 Å². The molecule has 2 aliphatic rings. The Balaban J connectivity index is 1.69. The summed E-state index contributed by atoms with van der Waals surface area (Å²) in [5.41, 5.74) is 1.92. The molecule has 6 nitrogen and oxygen atoms in total. The van der Waals surface area contributed by atoms with E-state index in [1.165, 1.54) is 38.2 Å². The molecule has 0 saturated heterocycles. The van der Waals surface area contributed by atoms with Crippen molar-refractivity contribution in [3.8, 4) is 0 Å². The van der Waals surface area contributed by atoms with Gasteiger partial charge in [0.15, 0.2) is 5.78 Å². The van der Waals surface area contributed by atoms with E-state index in [4.69, 9.17) is 4.74 Å². The number of aliphatic hydroxyl groups excluding tert-OH is 1. The number of nitrogens with one attached hydrogen (secondary N) is 1. The molecule has 1 aromatic carbocycles. The molecule has 1 amide bonds. The van der Waals surface area contributed by atoms with Crippen LogP contribution >= 0.6 is 0 Å². The fourth-order valence-electron chi connectivity index (χ4n) is 5.93. The van der Waals surface area contributed by atoms with Crippen molar-refractivity contribution in [2.24, 2.45) is 11.8 Å². The van der Waals surface area contributed by atoms with E-state index in [-0.39, 0.29) is 35.9 Å². The van der Waals surface area contributed by atoms with Crippen molar-refractivity contribution >= 4 is 17.5 Å². The first-order valence-electron chi connectivity index (χ1n) is 16.3. The zero-order valence-corrected chi connectivity index (χ0v) is 26.1. The highest BCUT2D eigenvalue weighted by molar-refractivity contribution is 6.06. The number of carbonyl (C=O) groups excluding carboxylic acids is 3. The number of carbonyl (C=O) groups is 3. The second-order valence-corrected chi connectivity index (χ2v) is 12.0. The van der Waals surface area contributed by atoms with Crippen LogP contribution in [0.25, 0.3) is 0 Å². The number of allylic oxidation sites excluding steroid dienone is 6. The molecule has 0 spiro atoms. The molecule has 1 saturated carbocycles. The van der Waals surface area contributed by atoms with Gasteiger partial charge in [-0.05, 0) is 50.5 Å². The van der Waals surface area contributed by atoms with Crippen molar-refractivity contribution in [3.05, 3.63) is 84.0 Å². The molecule has 2 N–H and O–H groups in total. The van der Waals surface area contributed by atoms with Gasteiger partial charge in [0.05, 0.1) is 18.1 Å². The lowest BCUT2D eigenvalue weighted by molar-refractivity contribution is -0.137. The van der Waals surface area contributed by atoms with Gasteiger partial charge in [0.1, 0.15) is 11.9 Å². The lowest BCUT2D eigenvalue weighted by Gasteiger charge is -2.17. The Morgan fingerprint density at radius 2 is 1.65 bits per heavy atom. The topological polar surface area (TPSA) is 92.7 Å². The van der Waals surface area contributed by atoms with Gasteiger partial charge in [-0.25, -0.2) is 0 Å².